The van der Waals surface area contributed by atoms with Gasteiger partial charge in [0, 0.05) is 19.5 Å². The lowest BCUT2D eigenvalue weighted by molar-refractivity contribution is -0.135. The fourth-order valence-electron chi connectivity index (χ4n) is 8.12. The molecule has 0 spiro atoms. The van der Waals surface area contributed by atoms with Crippen molar-refractivity contribution in [2.75, 3.05) is 7.05 Å². The largest absolute Gasteiger partial charge is 0.504 e. The minimum atomic E-state index is 0.199. The summed E-state index contributed by atoms with van der Waals surface area (Å²) in [5.41, 5.74) is 3.99. The van der Waals surface area contributed by atoms with Crippen LogP contribution in [0.1, 0.15) is 100 Å². The van der Waals surface area contributed by atoms with Crippen molar-refractivity contribution in [2.24, 2.45) is 17.3 Å². The minimum Gasteiger partial charge on any atom is -0.504 e. The van der Waals surface area contributed by atoms with Gasteiger partial charge >= 0.3 is 0 Å². The number of allylic oxidation sites excluding steroid dienone is 1. The molecular weight excluding hydrogens is 482 g/mol. The summed E-state index contributed by atoms with van der Waals surface area (Å²) in [7, 11) is 2.06. The van der Waals surface area contributed by atoms with Crippen LogP contribution in [0, 0.1) is 17.3 Å². The van der Waals surface area contributed by atoms with E-state index >= 15 is 0 Å². The molecule has 5 atom stereocenters. The lowest BCUT2D eigenvalue weighted by atomic mass is 9.54. The standard InChI is InChI=1S/C35H47NO3/c1-4-5-6-7-8-12-17-33(38)36(3)30-21-26-22-32(39-24-25-14-10-9-11-15-25)31(37)23-28(26)27-18-20-35(2)19-13-16-29(35)34(27)30/h4,9-11,14-15,22-23,27,29-30,34,37H,1,5-8,12-13,16-21,24H2,2-3H3/t27-,29?,30+,34?,35-/m0/s1. The van der Waals surface area contributed by atoms with Crippen LogP contribution in [0.2, 0.25) is 0 Å². The SMILES string of the molecule is C=CCCCCCCC(=O)N(C)[C@@H]1Cc2cc(OCc3ccccc3)c(O)cc2[C@@H]2CC[C@]3(C)CCCC3C12. The Labute approximate surface area is 235 Å². The van der Waals surface area contributed by atoms with E-state index in [2.05, 4.69) is 31.5 Å². The van der Waals surface area contributed by atoms with Crippen molar-refractivity contribution in [1.29, 1.82) is 0 Å². The highest BCUT2D eigenvalue weighted by Crippen LogP contribution is 2.62. The highest BCUT2D eigenvalue weighted by atomic mass is 16.5. The number of amides is 1. The van der Waals surface area contributed by atoms with Crippen molar-refractivity contribution < 1.29 is 14.6 Å². The minimum absolute atomic E-state index is 0.199. The van der Waals surface area contributed by atoms with Gasteiger partial charge in [0.1, 0.15) is 6.61 Å². The average Bonchev–Trinajstić information content (AvgIpc) is 3.35. The second-order valence-electron chi connectivity index (χ2n) is 12.7. The average molecular weight is 530 g/mol. The van der Waals surface area contributed by atoms with E-state index in [-0.39, 0.29) is 17.7 Å². The molecule has 2 unspecified atom stereocenters. The van der Waals surface area contributed by atoms with E-state index in [1.807, 2.05) is 42.5 Å². The first kappa shape index (κ1) is 27.8. The van der Waals surface area contributed by atoms with E-state index in [1.54, 1.807) is 0 Å². The summed E-state index contributed by atoms with van der Waals surface area (Å²) >= 11 is 0. The first-order valence-corrected chi connectivity index (χ1v) is 15.3. The molecule has 3 aliphatic carbocycles. The molecule has 0 radical (unpaired) electrons. The lowest BCUT2D eigenvalue weighted by Gasteiger charge is -2.54. The fourth-order valence-corrected chi connectivity index (χ4v) is 8.12. The molecule has 0 heterocycles. The molecule has 0 saturated heterocycles. The van der Waals surface area contributed by atoms with Gasteiger partial charge < -0.3 is 14.7 Å². The van der Waals surface area contributed by atoms with Gasteiger partial charge in [0.15, 0.2) is 11.5 Å². The van der Waals surface area contributed by atoms with Gasteiger partial charge in [0.2, 0.25) is 5.91 Å². The third kappa shape index (κ3) is 5.90. The third-order valence-electron chi connectivity index (χ3n) is 10.3. The van der Waals surface area contributed by atoms with Gasteiger partial charge in [-0.3, -0.25) is 4.79 Å². The third-order valence-corrected chi connectivity index (χ3v) is 10.3. The summed E-state index contributed by atoms with van der Waals surface area (Å²) in [4.78, 5) is 15.6. The van der Waals surface area contributed by atoms with E-state index in [0.29, 0.717) is 41.9 Å². The Morgan fingerprint density at radius 1 is 1.13 bits per heavy atom. The number of nitrogens with zero attached hydrogens (tertiary/aromatic N) is 1. The molecule has 1 N–H and O–H groups in total. The topological polar surface area (TPSA) is 49.8 Å². The molecule has 5 rings (SSSR count). The van der Waals surface area contributed by atoms with Crippen LogP contribution >= 0.6 is 0 Å². The summed E-state index contributed by atoms with van der Waals surface area (Å²) in [5.74, 6) is 2.55. The fraction of sp³-hybridized carbons (Fsp3) is 0.571. The number of aromatic hydroxyl groups is 1. The Hall–Kier alpha value is -2.75. The number of rotatable bonds is 11. The second kappa shape index (κ2) is 12.2. The van der Waals surface area contributed by atoms with E-state index in [0.717, 1.165) is 37.7 Å². The number of phenolic OH excluding ortho intramolecular Hbond substituents is 1. The number of carbonyl (C=O) groups is 1. The molecule has 2 aromatic rings. The summed E-state index contributed by atoms with van der Waals surface area (Å²) in [6, 6.07) is 14.3. The van der Waals surface area contributed by atoms with Crippen LogP contribution in [-0.2, 0) is 17.8 Å². The van der Waals surface area contributed by atoms with Gasteiger partial charge in [-0.15, -0.1) is 6.58 Å². The van der Waals surface area contributed by atoms with E-state index in [9.17, 15) is 9.90 Å². The predicted molar refractivity (Wildman–Crippen MR) is 158 cm³/mol. The van der Waals surface area contributed by atoms with Crippen LogP contribution in [0.25, 0.3) is 0 Å². The molecule has 39 heavy (non-hydrogen) atoms. The molecule has 0 aromatic heterocycles. The van der Waals surface area contributed by atoms with Crippen LogP contribution in [-0.4, -0.2) is 29.0 Å². The van der Waals surface area contributed by atoms with E-state index in [1.165, 1.54) is 49.7 Å². The molecular formula is C35H47NO3. The van der Waals surface area contributed by atoms with E-state index in [4.69, 9.17) is 4.74 Å². The molecule has 2 saturated carbocycles. The predicted octanol–water partition coefficient (Wildman–Crippen LogP) is 8.18. The van der Waals surface area contributed by atoms with Crippen molar-refractivity contribution in [1.82, 2.24) is 4.90 Å². The van der Waals surface area contributed by atoms with Gasteiger partial charge in [-0.05, 0) is 103 Å². The lowest BCUT2D eigenvalue weighted by Crippen LogP contribution is -2.53. The molecule has 0 aliphatic heterocycles. The highest BCUT2D eigenvalue weighted by Gasteiger charge is 2.54. The molecule has 0 bridgehead atoms. The Kier molecular flexibility index (Phi) is 8.69. The zero-order valence-corrected chi connectivity index (χ0v) is 24.0. The number of unbranched alkanes of at least 4 members (excludes halogenated alkanes) is 4. The first-order chi connectivity index (χ1) is 18.9. The maximum absolute atomic E-state index is 13.5. The van der Waals surface area contributed by atoms with Gasteiger partial charge in [-0.2, -0.15) is 0 Å². The van der Waals surface area contributed by atoms with Crippen LogP contribution in [0.3, 0.4) is 0 Å². The number of benzene rings is 2. The molecule has 1 amide bonds. The van der Waals surface area contributed by atoms with Crippen LogP contribution in [0.15, 0.2) is 55.1 Å². The molecule has 4 heteroatoms. The molecule has 2 fully saturated rings. The zero-order chi connectivity index (χ0) is 27.4. The van der Waals surface area contributed by atoms with Crippen LogP contribution in [0.5, 0.6) is 11.5 Å². The van der Waals surface area contributed by atoms with Crippen molar-refractivity contribution in [2.45, 2.75) is 103 Å². The number of carbonyl (C=O) groups excluding carboxylic acids is 1. The second-order valence-corrected chi connectivity index (χ2v) is 12.7. The summed E-state index contributed by atoms with van der Waals surface area (Å²) in [6.45, 7) is 6.73. The van der Waals surface area contributed by atoms with Crippen molar-refractivity contribution >= 4 is 5.91 Å². The van der Waals surface area contributed by atoms with Gasteiger partial charge in [-0.1, -0.05) is 62.6 Å². The number of fused-ring (bicyclic) bond motifs is 5. The number of likely N-dealkylation sites (N-methyl/N-ethyl adjacent to an activating group) is 1. The Morgan fingerprint density at radius 3 is 2.72 bits per heavy atom. The molecule has 210 valence electrons. The molecule has 3 aliphatic rings. The van der Waals surface area contributed by atoms with Crippen molar-refractivity contribution in [3.8, 4) is 11.5 Å². The summed E-state index contributed by atoms with van der Waals surface area (Å²) in [5, 5.41) is 11.0. The van der Waals surface area contributed by atoms with Crippen molar-refractivity contribution in [3.05, 3.63) is 71.8 Å². The van der Waals surface area contributed by atoms with Gasteiger partial charge in [0.25, 0.3) is 0 Å². The monoisotopic (exact) mass is 529 g/mol. The maximum atomic E-state index is 13.5. The number of hydrogen-bond acceptors (Lipinski definition) is 3. The summed E-state index contributed by atoms with van der Waals surface area (Å²) < 4.78 is 6.11. The van der Waals surface area contributed by atoms with Crippen molar-refractivity contribution in [3.63, 3.8) is 0 Å². The quantitative estimate of drug-likeness (QED) is 0.236. The number of ether oxygens (including phenoxy) is 1. The normalized spacial score (nSPS) is 27.2. The first-order valence-electron chi connectivity index (χ1n) is 15.3. The smallest absolute Gasteiger partial charge is 0.222 e. The van der Waals surface area contributed by atoms with Crippen LogP contribution < -0.4 is 4.74 Å². The Bertz CT molecular complexity index is 1140. The maximum Gasteiger partial charge on any atom is 0.222 e. The van der Waals surface area contributed by atoms with Crippen LogP contribution in [0.4, 0.5) is 0 Å². The highest BCUT2D eigenvalue weighted by molar-refractivity contribution is 5.76. The van der Waals surface area contributed by atoms with E-state index < -0.39 is 0 Å². The Balaban J connectivity index is 1.37. The zero-order valence-electron chi connectivity index (χ0n) is 24.0. The summed E-state index contributed by atoms with van der Waals surface area (Å²) in [6.07, 6.45) is 15.2. The molecule has 2 aromatic carbocycles. The van der Waals surface area contributed by atoms with Gasteiger partial charge in [0.05, 0.1) is 0 Å². The molecule has 4 nitrogen and oxygen atoms in total. The number of hydrogen-bond donors (Lipinski definition) is 1. The number of phenols is 1. The Morgan fingerprint density at radius 2 is 1.92 bits per heavy atom. The van der Waals surface area contributed by atoms with Gasteiger partial charge in [-0.25, -0.2) is 0 Å².